The maximum atomic E-state index is 13.9. The van der Waals surface area contributed by atoms with Crippen molar-refractivity contribution in [3.8, 4) is 11.3 Å². The average Bonchev–Trinajstić information content (AvgIpc) is 2.87. The first-order valence-corrected chi connectivity index (χ1v) is 7.07. The summed E-state index contributed by atoms with van der Waals surface area (Å²) in [6.45, 7) is 4.62. The van der Waals surface area contributed by atoms with E-state index in [1.165, 1.54) is 11.6 Å². The number of fused-ring (bicyclic) bond motifs is 1. The van der Waals surface area contributed by atoms with Crippen LogP contribution in [0.15, 0.2) is 42.6 Å². The number of imidazole rings is 1. The molecule has 4 heteroatoms. The highest BCUT2D eigenvalue weighted by Gasteiger charge is 2.15. The summed E-state index contributed by atoms with van der Waals surface area (Å²) in [5.74, 6) is 0.142. The molecule has 3 nitrogen and oxygen atoms in total. The van der Waals surface area contributed by atoms with Crippen molar-refractivity contribution >= 4 is 5.65 Å². The molecule has 0 radical (unpaired) electrons. The summed E-state index contributed by atoms with van der Waals surface area (Å²) in [7, 11) is 0. The van der Waals surface area contributed by atoms with Crippen molar-refractivity contribution in [3.05, 3.63) is 59.7 Å². The van der Waals surface area contributed by atoms with E-state index in [4.69, 9.17) is 5.73 Å². The van der Waals surface area contributed by atoms with E-state index in [-0.39, 0.29) is 5.82 Å². The maximum Gasteiger partial charge on any atom is 0.174 e. The predicted molar refractivity (Wildman–Crippen MR) is 82.6 cm³/mol. The lowest BCUT2D eigenvalue weighted by Gasteiger charge is -2.07. The van der Waals surface area contributed by atoms with E-state index in [1.807, 2.05) is 12.1 Å². The predicted octanol–water partition coefficient (Wildman–Crippen LogP) is 3.72. The number of rotatable bonds is 3. The third kappa shape index (κ3) is 2.32. The Labute approximate surface area is 123 Å². The molecule has 0 aliphatic carbocycles. The van der Waals surface area contributed by atoms with E-state index in [1.54, 1.807) is 16.7 Å². The molecule has 0 amide bonds. The molecule has 0 spiro atoms. The van der Waals surface area contributed by atoms with E-state index < -0.39 is 0 Å². The maximum absolute atomic E-state index is 13.9. The molecule has 0 unspecified atom stereocenters. The number of benzene rings is 1. The van der Waals surface area contributed by atoms with Gasteiger partial charge >= 0.3 is 0 Å². The number of aromatic nitrogens is 2. The summed E-state index contributed by atoms with van der Waals surface area (Å²) >= 11 is 0. The van der Waals surface area contributed by atoms with Crippen molar-refractivity contribution in [1.82, 2.24) is 9.38 Å². The molecule has 3 aromatic rings. The monoisotopic (exact) mass is 283 g/mol. The van der Waals surface area contributed by atoms with Crippen LogP contribution in [0.4, 0.5) is 4.39 Å². The van der Waals surface area contributed by atoms with Crippen LogP contribution in [0.3, 0.4) is 0 Å². The number of nitrogens with two attached hydrogens (primary N) is 1. The summed E-state index contributed by atoms with van der Waals surface area (Å²) in [5.41, 5.74) is 9.96. The van der Waals surface area contributed by atoms with Crippen molar-refractivity contribution in [2.45, 2.75) is 26.3 Å². The standard InChI is InChI=1S/C17H18FN3/c1-11(2)12-5-7-13(8-6-12)16-15(10-19)21-9-3-4-14(18)17(21)20-16/h3-9,11H,10,19H2,1-2H3. The van der Waals surface area contributed by atoms with Gasteiger partial charge in [-0.15, -0.1) is 0 Å². The lowest BCUT2D eigenvalue weighted by molar-refractivity contribution is 0.629. The topological polar surface area (TPSA) is 43.3 Å². The highest BCUT2D eigenvalue weighted by Crippen LogP contribution is 2.26. The number of nitrogens with zero attached hydrogens (tertiary/aromatic N) is 2. The van der Waals surface area contributed by atoms with Gasteiger partial charge in [0, 0.05) is 18.3 Å². The summed E-state index contributed by atoms with van der Waals surface area (Å²) in [4.78, 5) is 4.44. The largest absolute Gasteiger partial charge is 0.325 e. The van der Waals surface area contributed by atoms with Crippen LogP contribution in [0, 0.1) is 5.82 Å². The van der Waals surface area contributed by atoms with Gasteiger partial charge in [0.15, 0.2) is 11.5 Å². The normalized spacial score (nSPS) is 11.5. The number of pyridine rings is 1. The molecule has 108 valence electrons. The second-order valence-electron chi connectivity index (χ2n) is 5.44. The van der Waals surface area contributed by atoms with Crippen molar-refractivity contribution in [2.75, 3.05) is 0 Å². The Morgan fingerprint density at radius 1 is 1.19 bits per heavy atom. The van der Waals surface area contributed by atoms with Gasteiger partial charge in [-0.05, 0) is 23.6 Å². The van der Waals surface area contributed by atoms with E-state index in [0.717, 1.165) is 17.0 Å². The molecule has 0 saturated carbocycles. The summed E-state index contributed by atoms with van der Waals surface area (Å²) in [6, 6.07) is 11.3. The lowest BCUT2D eigenvalue weighted by Crippen LogP contribution is -2.02. The molecule has 2 heterocycles. The van der Waals surface area contributed by atoms with Gasteiger partial charge in [0.1, 0.15) is 0 Å². The van der Waals surface area contributed by atoms with E-state index in [0.29, 0.717) is 18.1 Å². The molecule has 0 fully saturated rings. The van der Waals surface area contributed by atoms with Gasteiger partial charge < -0.3 is 5.73 Å². The lowest BCUT2D eigenvalue weighted by atomic mass is 10.0. The zero-order valence-electron chi connectivity index (χ0n) is 12.2. The van der Waals surface area contributed by atoms with E-state index in [9.17, 15) is 4.39 Å². The number of hydrogen-bond donors (Lipinski definition) is 1. The van der Waals surface area contributed by atoms with Crippen molar-refractivity contribution in [2.24, 2.45) is 5.73 Å². The van der Waals surface area contributed by atoms with Crippen LogP contribution in [0.25, 0.3) is 16.9 Å². The summed E-state index contributed by atoms with van der Waals surface area (Å²) in [6.07, 6.45) is 1.79. The highest BCUT2D eigenvalue weighted by atomic mass is 19.1. The first-order chi connectivity index (χ1) is 10.1. The third-order valence-electron chi connectivity index (χ3n) is 3.75. The summed E-state index contributed by atoms with van der Waals surface area (Å²) < 4.78 is 15.6. The molecular formula is C17H18FN3. The molecule has 3 rings (SSSR count). The zero-order valence-corrected chi connectivity index (χ0v) is 12.2. The van der Waals surface area contributed by atoms with Crippen molar-refractivity contribution in [3.63, 3.8) is 0 Å². The van der Waals surface area contributed by atoms with E-state index >= 15 is 0 Å². The highest BCUT2D eigenvalue weighted by molar-refractivity contribution is 5.67. The van der Waals surface area contributed by atoms with Gasteiger partial charge in [0.25, 0.3) is 0 Å². The van der Waals surface area contributed by atoms with Gasteiger partial charge in [-0.25, -0.2) is 9.37 Å². The van der Waals surface area contributed by atoms with Gasteiger partial charge in [-0.1, -0.05) is 38.1 Å². The Kier molecular flexibility index (Phi) is 3.47. The zero-order chi connectivity index (χ0) is 15.0. The Morgan fingerprint density at radius 3 is 2.52 bits per heavy atom. The molecule has 2 aromatic heterocycles. The second kappa shape index (κ2) is 5.30. The third-order valence-corrected chi connectivity index (χ3v) is 3.75. The van der Waals surface area contributed by atoms with Gasteiger partial charge in [0.05, 0.1) is 11.4 Å². The first kappa shape index (κ1) is 13.8. The fourth-order valence-electron chi connectivity index (χ4n) is 2.54. The van der Waals surface area contributed by atoms with Gasteiger partial charge in [-0.2, -0.15) is 0 Å². The Morgan fingerprint density at radius 2 is 1.90 bits per heavy atom. The van der Waals surface area contributed by atoms with Crippen LogP contribution in [0.2, 0.25) is 0 Å². The van der Waals surface area contributed by atoms with Crippen LogP contribution in [-0.4, -0.2) is 9.38 Å². The molecule has 0 aliphatic heterocycles. The van der Waals surface area contributed by atoms with Crippen molar-refractivity contribution in [1.29, 1.82) is 0 Å². The average molecular weight is 283 g/mol. The molecule has 2 N–H and O–H groups in total. The fourth-order valence-corrected chi connectivity index (χ4v) is 2.54. The minimum atomic E-state index is -0.336. The Bertz CT molecular complexity index is 773. The molecule has 0 bridgehead atoms. The molecule has 0 atom stereocenters. The number of hydrogen-bond acceptors (Lipinski definition) is 2. The Balaban J connectivity index is 2.17. The Hall–Kier alpha value is -2.20. The molecule has 0 saturated heterocycles. The summed E-state index contributed by atoms with van der Waals surface area (Å²) in [5, 5.41) is 0. The molecule has 0 aliphatic rings. The van der Waals surface area contributed by atoms with Crippen LogP contribution in [0.1, 0.15) is 31.0 Å². The fraction of sp³-hybridized carbons (Fsp3) is 0.235. The minimum absolute atomic E-state index is 0.311. The number of halogens is 1. The minimum Gasteiger partial charge on any atom is -0.325 e. The van der Waals surface area contributed by atoms with Gasteiger partial charge in [0.2, 0.25) is 0 Å². The van der Waals surface area contributed by atoms with Crippen LogP contribution < -0.4 is 5.73 Å². The SMILES string of the molecule is CC(C)c1ccc(-c2nc3c(F)cccn3c2CN)cc1. The molecular weight excluding hydrogens is 265 g/mol. The quantitative estimate of drug-likeness (QED) is 0.796. The van der Waals surface area contributed by atoms with Crippen LogP contribution in [-0.2, 0) is 6.54 Å². The van der Waals surface area contributed by atoms with Crippen LogP contribution >= 0.6 is 0 Å². The van der Waals surface area contributed by atoms with Crippen LogP contribution in [0.5, 0.6) is 0 Å². The smallest absolute Gasteiger partial charge is 0.174 e. The molecule has 1 aromatic carbocycles. The second-order valence-corrected chi connectivity index (χ2v) is 5.44. The van der Waals surface area contributed by atoms with Crippen molar-refractivity contribution < 1.29 is 4.39 Å². The van der Waals surface area contributed by atoms with E-state index in [2.05, 4.69) is 31.0 Å². The van der Waals surface area contributed by atoms with Gasteiger partial charge in [-0.3, -0.25) is 4.40 Å². The molecule has 21 heavy (non-hydrogen) atoms. The first-order valence-electron chi connectivity index (χ1n) is 7.07.